The molecule has 0 N–H and O–H groups in total. The van der Waals surface area contributed by atoms with Crippen molar-refractivity contribution >= 4 is 17.9 Å². The van der Waals surface area contributed by atoms with Crippen LogP contribution in [0.15, 0.2) is 30.3 Å². The molecule has 37 heavy (non-hydrogen) atoms. The van der Waals surface area contributed by atoms with Crippen LogP contribution in [0.5, 0.6) is 0 Å². The van der Waals surface area contributed by atoms with E-state index in [9.17, 15) is 14.4 Å². The third-order valence-corrected chi connectivity index (χ3v) is 6.54. The van der Waals surface area contributed by atoms with E-state index < -0.39 is 24.0 Å². The van der Waals surface area contributed by atoms with Crippen molar-refractivity contribution in [1.29, 1.82) is 0 Å². The molecule has 0 spiro atoms. The second-order valence-electron chi connectivity index (χ2n) is 9.96. The smallest absolute Gasteiger partial charge is 0.395 e. The van der Waals surface area contributed by atoms with Crippen molar-refractivity contribution in [3.05, 3.63) is 35.9 Å². The number of carbonyl (C=O) groups excluding carboxylic acids is 3. The number of benzene rings is 1. The SMILES string of the molecule is CCCCCCCCCCCC(=O)OOC(=O)C(CCCCCCCCCC)OC(=O)c1ccccc1. The summed E-state index contributed by atoms with van der Waals surface area (Å²) in [6.45, 7) is 4.41. The first-order valence-corrected chi connectivity index (χ1v) is 14.8. The van der Waals surface area contributed by atoms with Crippen LogP contribution in [0.25, 0.3) is 0 Å². The number of unbranched alkanes of at least 4 members (excludes halogenated alkanes) is 15. The van der Waals surface area contributed by atoms with Crippen LogP contribution in [0.3, 0.4) is 0 Å². The van der Waals surface area contributed by atoms with Gasteiger partial charge in [0, 0.05) is 0 Å². The van der Waals surface area contributed by atoms with E-state index in [0.29, 0.717) is 18.4 Å². The predicted octanol–water partition coefficient (Wildman–Crippen LogP) is 8.67. The number of carbonyl (C=O) groups is 3. The summed E-state index contributed by atoms with van der Waals surface area (Å²) in [7, 11) is 0. The van der Waals surface area contributed by atoms with Crippen LogP contribution in [-0.2, 0) is 24.1 Å². The maximum atomic E-state index is 12.6. The molecule has 0 heterocycles. The van der Waals surface area contributed by atoms with Crippen molar-refractivity contribution in [2.45, 2.75) is 142 Å². The fourth-order valence-electron chi connectivity index (χ4n) is 4.22. The average molecular weight is 519 g/mol. The lowest BCUT2D eigenvalue weighted by atomic mass is 10.1. The third kappa shape index (κ3) is 17.7. The monoisotopic (exact) mass is 518 g/mol. The van der Waals surface area contributed by atoms with Gasteiger partial charge in [0.2, 0.25) is 6.10 Å². The van der Waals surface area contributed by atoms with Gasteiger partial charge >= 0.3 is 17.9 Å². The quantitative estimate of drug-likeness (QED) is 0.0661. The van der Waals surface area contributed by atoms with E-state index in [2.05, 4.69) is 13.8 Å². The summed E-state index contributed by atoms with van der Waals surface area (Å²) in [4.78, 5) is 46.7. The maximum Gasteiger partial charge on any atom is 0.395 e. The Hall–Kier alpha value is -2.37. The van der Waals surface area contributed by atoms with E-state index >= 15 is 0 Å². The summed E-state index contributed by atoms with van der Waals surface area (Å²) in [5.41, 5.74) is 0.360. The minimum absolute atomic E-state index is 0.204. The van der Waals surface area contributed by atoms with E-state index in [1.54, 1.807) is 30.3 Å². The standard InChI is InChI=1S/C31H50O6/c1-3-5-7-9-11-13-15-17-22-26-29(32)36-37-31(34)28(25-21-16-14-12-10-8-6-4-2)35-30(33)27-23-19-18-20-24-27/h18-20,23-24,28H,3-17,21-22,25-26H2,1-2H3. The van der Waals surface area contributed by atoms with Crippen LogP contribution in [0.4, 0.5) is 0 Å². The molecule has 0 fully saturated rings. The highest BCUT2D eigenvalue weighted by Crippen LogP contribution is 2.15. The Kier molecular flexibility index (Phi) is 20.1. The normalized spacial score (nSPS) is 11.6. The van der Waals surface area contributed by atoms with Crippen LogP contribution in [-0.4, -0.2) is 24.0 Å². The predicted molar refractivity (Wildman–Crippen MR) is 147 cm³/mol. The molecule has 0 aliphatic carbocycles. The lowest BCUT2D eigenvalue weighted by molar-refractivity contribution is -0.264. The van der Waals surface area contributed by atoms with Gasteiger partial charge in [0.1, 0.15) is 0 Å². The first-order chi connectivity index (χ1) is 18.1. The Bertz CT molecular complexity index is 718. The van der Waals surface area contributed by atoms with Gasteiger partial charge in [0.25, 0.3) is 0 Å². The van der Waals surface area contributed by atoms with E-state index in [1.807, 2.05) is 0 Å². The van der Waals surface area contributed by atoms with Crippen molar-refractivity contribution in [1.82, 2.24) is 0 Å². The molecule has 0 radical (unpaired) electrons. The second-order valence-corrected chi connectivity index (χ2v) is 9.96. The zero-order valence-electron chi connectivity index (χ0n) is 23.3. The third-order valence-electron chi connectivity index (χ3n) is 6.54. The summed E-state index contributed by atoms with van der Waals surface area (Å²) >= 11 is 0. The highest BCUT2D eigenvalue weighted by Gasteiger charge is 2.27. The Labute approximate surface area is 224 Å². The molecule has 0 saturated carbocycles. The molecule has 1 aromatic carbocycles. The molecule has 1 rings (SSSR count). The molecular weight excluding hydrogens is 468 g/mol. The number of hydrogen-bond donors (Lipinski definition) is 0. The van der Waals surface area contributed by atoms with E-state index in [1.165, 1.54) is 64.2 Å². The molecule has 1 aromatic rings. The van der Waals surface area contributed by atoms with E-state index in [4.69, 9.17) is 14.5 Å². The molecule has 0 aliphatic rings. The Balaban J connectivity index is 2.36. The Morgan fingerprint density at radius 2 is 1.11 bits per heavy atom. The van der Waals surface area contributed by atoms with Crippen molar-refractivity contribution in [2.24, 2.45) is 0 Å². The summed E-state index contributed by atoms with van der Waals surface area (Å²) in [6.07, 6.45) is 18.6. The molecule has 1 unspecified atom stereocenters. The molecular formula is C31H50O6. The molecule has 6 nitrogen and oxygen atoms in total. The highest BCUT2D eigenvalue weighted by atomic mass is 17.2. The minimum atomic E-state index is -1.10. The molecule has 1 atom stereocenters. The average Bonchev–Trinajstić information content (AvgIpc) is 2.92. The van der Waals surface area contributed by atoms with Gasteiger partial charge in [0.05, 0.1) is 12.0 Å². The highest BCUT2D eigenvalue weighted by molar-refractivity contribution is 5.91. The summed E-state index contributed by atoms with van der Waals surface area (Å²) in [5, 5.41) is 0. The van der Waals surface area contributed by atoms with Crippen molar-refractivity contribution in [3.63, 3.8) is 0 Å². The van der Waals surface area contributed by atoms with Crippen LogP contribution >= 0.6 is 0 Å². The number of esters is 1. The molecule has 0 amide bonds. The van der Waals surface area contributed by atoms with Crippen molar-refractivity contribution in [3.8, 4) is 0 Å². The van der Waals surface area contributed by atoms with Gasteiger partial charge in [-0.15, -0.1) is 0 Å². The van der Waals surface area contributed by atoms with Crippen LogP contribution < -0.4 is 0 Å². The minimum Gasteiger partial charge on any atom is -0.447 e. The van der Waals surface area contributed by atoms with Gasteiger partial charge in [-0.2, -0.15) is 0 Å². The zero-order valence-corrected chi connectivity index (χ0v) is 23.3. The Morgan fingerprint density at radius 1 is 0.622 bits per heavy atom. The van der Waals surface area contributed by atoms with Crippen molar-refractivity contribution < 1.29 is 28.9 Å². The van der Waals surface area contributed by atoms with Crippen LogP contribution in [0, 0.1) is 0 Å². The first kappa shape index (κ1) is 32.7. The van der Waals surface area contributed by atoms with E-state index in [0.717, 1.165) is 38.5 Å². The fraction of sp³-hybridized carbons (Fsp3) is 0.710. The lowest BCUT2D eigenvalue weighted by Crippen LogP contribution is -2.30. The van der Waals surface area contributed by atoms with Crippen LogP contribution in [0.2, 0.25) is 0 Å². The summed E-state index contributed by atoms with van der Waals surface area (Å²) in [6, 6.07) is 8.53. The maximum absolute atomic E-state index is 12.6. The first-order valence-electron chi connectivity index (χ1n) is 14.8. The Morgan fingerprint density at radius 3 is 1.65 bits per heavy atom. The molecule has 6 heteroatoms. The number of rotatable bonds is 22. The second kappa shape index (κ2) is 22.8. The number of ether oxygens (including phenoxy) is 1. The molecule has 210 valence electrons. The van der Waals surface area contributed by atoms with Gasteiger partial charge in [-0.25, -0.2) is 24.2 Å². The van der Waals surface area contributed by atoms with Gasteiger partial charge in [-0.1, -0.05) is 128 Å². The van der Waals surface area contributed by atoms with Gasteiger partial charge in [0.15, 0.2) is 0 Å². The lowest BCUT2D eigenvalue weighted by Gasteiger charge is -2.16. The van der Waals surface area contributed by atoms with E-state index in [-0.39, 0.29) is 6.42 Å². The van der Waals surface area contributed by atoms with Gasteiger partial charge in [-0.05, 0) is 31.4 Å². The summed E-state index contributed by atoms with van der Waals surface area (Å²) < 4.78 is 5.45. The van der Waals surface area contributed by atoms with Crippen LogP contribution in [0.1, 0.15) is 146 Å². The molecule has 0 saturated heterocycles. The molecule has 0 bridgehead atoms. The number of hydrogen-bond acceptors (Lipinski definition) is 6. The van der Waals surface area contributed by atoms with Gasteiger partial charge < -0.3 is 4.74 Å². The fourth-order valence-corrected chi connectivity index (χ4v) is 4.22. The molecule has 0 aliphatic heterocycles. The van der Waals surface area contributed by atoms with Crippen molar-refractivity contribution in [2.75, 3.05) is 0 Å². The topological polar surface area (TPSA) is 78.9 Å². The summed E-state index contributed by atoms with van der Waals surface area (Å²) in [5.74, 6) is -2.01. The van der Waals surface area contributed by atoms with Gasteiger partial charge in [-0.3, -0.25) is 0 Å². The zero-order chi connectivity index (χ0) is 27.0. The largest absolute Gasteiger partial charge is 0.447 e. The molecule has 0 aromatic heterocycles.